The van der Waals surface area contributed by atoms with E-state index in [9.17, 15) is 22.8 Å². The number of aryl methyl sites for hydroxylation is 1. The highest BCUT2D eigenvalue weighted by atomic mass is 19.4. The van der Waals surface area contributed by atoms with Gasteiger partial charge in [-0.3, -0.25) is 14.3 Å². The zero-order chi connectivity index (χ0) is 28.1. The molecule has 4 N–H and O–H groups in total. The molecular weight excluding hydrogens is 511 g/mol. The highest BCUT2D eigenvalue weighted by Crippen LogP contribution is 2.54. The number of hydrogen-bond donors (Lipinski definition) is 2. The number of rotatable bonds is 5. The number of nitrogen functional groups attached to an aromatic ring is 1. The predicted molar refractivity (Wildman–Crippen MR) is 137 cm³/mol. The van der Waals surface area contributed by atoms with Gasteiger partial charge in [-0.05, 0) is 61.6 Å². The smallest absolute Gasteiger partial charge is 0.383 e. The lowest BCUT2D eigenvalue weighted by Crippen LogP contribution is -2.42. The van der Waals surface area contributed by atoms with E-state index in [1.165, 1.54) is 23.9 Å². The van der Waals surface area contributed by atoms with Gasteiger partial charge >= 0.3 is 6.18 Å². The number of hydrogen-bond acceptors (Lipinski definition) is 5. The number of nitrogens with zero attached hydrogens (tertiary/aromatic N) is 5. The molecule has 1 saturated heterocycles. The van der Waals surface area contributed by atoms with Gasteiger partial charge in [0.1, 0.15) is 17.1 Å². The number of likely N-dealkylation sites (tertiary alicyclic amines) is 1. The van der Waals surface area contributed by atoms with Crippen molar-refractivity contribution in [3.8, 4) is 23.1 Å². The third kappa shape index (κ3) is 4.84. The number of anilines is 1. The summed E-state index contributed by atoms with van der Waals surface area (Å²) < 4.78 is 43.1. The van der Waals surface area contributed by atoms with Crippen LogP contribution in [-0.4, -0.2) is 49.4 Å². The van der Waals surface area contributed by atoms with Crippen LogP contribution in [0.5, 0.6) is 0 Å². The first kappa shape index (κ1) is 26.3. The number of halogens is 3. The van der Waals surface area contributed by atoms with Crippen LogP contribution in [0.1, 0.15) is 59.3 Å². The van der Waals surface area contributed by atoms with Crippen molar-refractivity contribution in [2.45, 2.75) is 51.9 Å². The monoisotopic (exact) mass is 539 g/mol. The van der Waals surface area contributed by atoms with Crippen LogP contribution < -0.4 is 11.5 Å². The van der Waals surface area contributed by atoms with E-state index in [0.717, 1.165) is 25.3 Å². The summed E-state index contributed by atoms with van der Waals surface area (Å²) in [7, 11) is 0. The Balaban J connectivity index is 1.36. The van der Waals surface area contributed by atoms with Crippen molar-refractivity contribution in [1.29, 1.82) is 0 Å². The molecule has 1 aromatic carbocycles. The molecule has 2 aliphatic rings. The van der Waals surface area contributed by atoms with E-state index in [4.69, 9.17) is 11.5 Å². The maximum absolute atomic E-state index is 13.3. The molecule has 0 bridgehead atoms. The van der Waals surface area contributed by atoms with E-state index >= 15 is 0 Å². The summed E-state index contributed by atoms with van der Waals surface area (Å²) in [5.41, 5.74) is 12.7. The Hall–Kier alpha value is -4.27. The van der Waals surface area contributed by atoms with E-state index in [1.807, 2.05) is 0 Å². The van der Waals surface area contributed by atoms with Crippen LogP contribution in [0.2, 0.25) is 0 Å². The highest BCUT2D eigenvalue weighted by Gasteiger charge is 2.51. The number of nitrogens with two attached hydrogens (primary N) is 2. The van der Waals surface area contributed by atoms with Crippen LogP contribution in [0.15, 0.2) is 30.6 Å². The maximum Gasteiger partial charge on any atom is 0.416 e. The zero-order valence-electron chi connectivity index (χ0n) is 21.5. The molecule has 39 heavy (non-hydrogen) atoms. The van der Waals surface area contributed by atoms with Gasteiger partial charge in [0.05, 0.1) is 24.3 Å². The summed E-state index contributed by atoms with van der Waals surface area (Å²) in [6.45, 7) is 4.41. The molecule has 1 aliphatic heterocycles. The predicted octanol–water partition coefficient (Wildman–Crippen LogP) is 3.38. The first-order chi connectivity index (χ1) is 18.4. The number of primary amides is 1. The Morgan fingerprint density at radius 3 is 2.67 bits per heavy atom. The third-order valence-electron chi connectivity index (χ3n) is 7.69. The summed E-state index contributed by atoms with van der Waals surface area (Å²) >= 11 is 0. The molecule has 1 spiro atoms. The van der Waals surface area contributed by atoms with Gasteiger partial charge in [-0.25, -0.2) is 4.68 Å². The molecule has 12 heteroatoms. The molecule has 0 unspecified atom stereocenters. The highest BCUT2D eigenvalue weighted by molar-refractivity contribution is 6.03. The molecule has 2 amide bonds. The van der Waals surface area contributed by atoms with Crippen molar-refractivity contribution in [2.24, 2.45) is 11.1 Å². The maximum atomic E-state index is 13.3. The Bertz CT molecular complexity index is 1520. The lowest BCUT2D eigenvalue weighted by Gasteiger charge is -2.45. The fourth-order valence-corrected chi connectivity index (χ4v) is 5.74. The lowest BCUT2D eigenvalue weighted by atomic mass is 9.65. The van der Waals surface area contributed by atoms with Crippen molar-refractivity contribution in [1.82, 2.24) is 24.5 Å². The molecule has 0 radical (unpaired) electrons. The summed E-state index contributed by atoms with van der Waals surface area (Å²) in [6.07, 6.45) is 0.978. The average Bonchev–Trinajstić information content (AvgIpc) is 3.56. The van der Waals surface area contributed by atoms with E-state index in [1.54, 1.807) is 28.8 Å². The minimum Gasteiger partial charge on any atom is -0.383 e. The van der Waals surface area contributed by atoms with Crippen molar-refractivity contribution >= 4 is 17.6 Å². The second-order valence-electron chi connectivity index (χ2n) is 10.4. The minimum atomic E-state index is -4.45. The zero-order valence-corrected chi connectivity index (χ0v) is 21.5. The van der Waals surface area contributed by atoms with Crippen LogP contribution in [0.4, 0.5) is 19.0 Å². The van der Waals surface area contributed by atoms with Crippen LogP contribution in [0, 0.1) is 24.2 Å². The molecule has 0 atom stereocenters. The lowest BCUT2D eigenvalue weighted by molar-refractivity contribution is -0.138. The SMILES string of the molecule is CC#CC(=O)N1CCC2(CC(n3nc(-c4cnn(Cc5ccc(C)c(C(F)(F)F)c5)c4)c(C(N)=O)c3N)C2)C1. The number of carbonyl (C=O) groups excluding carboxylic acids is 2. The van der Waals surface area contributed by atoms with E-state index in [-0.39, 0.29) is 46.5 Å². The number of alkyl halides is 3. The fraction of sp³-hybridized carbons (Fsp3) is 0.407. The van der Waals surface area contributed by atoms with Crippen LogP contribution in [-0.2, 0) is 17.5 Å². The summed E-state index contributed by atoms with van der Waals surface area (Å²) in [6, 6.07) is 4.09. The Labute approximate surface area is 222 Å². The fourth-order valence-electron chi connectivity index (χ4n) is 5.74. The summed E-state index contributed by atoms with van der Waals surface area (Å²) in [5.74, 6) is 4.47. The van der Waals surface area contributed by atoms with Crippen LogP contribution >= 0.6 is 0 Å². The molecule has 1 aliphatic carbocycles. The normalized spacial score (nSPS) is 20.5. The largest absolute Gasteiger partial charge is 0.416 e. The molecule has 204 valence electrons. The molecule has 5 rings (SSSR count). The number of aromatic nitrogens is 4. The van der Waals surface area contributed by atoms with Gasteiger partial charge in [0, 0.05) is 24.8 Å². The van der Waals surface area contributed by atoms with Gasteiger partial charge < -0.3 is 16.4 Å². The van der Waals surface area contributed by atoms with Crippen molar-refractivity contribution in [3.63, 3.8) is 0 Å². The number of amides is 2. The first-order valence-electron chi connectivity index (χ1n) is 12.5. The van der Waals surface area contributed by atoms with E-state index < -0.39 is 17.6 Å². The molecule has 2 fully saturated rings. The van der Waals surface area contributed by atoms with E-state index in [0.29, 0.717) is 24.2 Å². The molecule has 3 heterocycles. The standard InChI is InChI=1S/C27H28F3N7O2/c1-3-4-21(38)35-8-7-26(15-35)10-19(11-26)37-24(31)22(25(32)39)23(34-37)18-12-33-36(14-18)13-17-6-5-16(2)20(9-17)27(28,29)30/h5-6,9,12,14,19H,7-8,10-11,13,15,31H2,1-2H3,(H2,32,39). The van der Waals surface area contributed by atoms with Gasteiger partial charge in [0.15, 0.2) is 0 Å². The average molecular weight is 540 g/mol. The molecule has 3 aromatic rings. The van der Waals surface area contributed by atoms with Crippen LogP contribution in [0.3, 0.4) is 0 Å². The van der Waals surface area contributed by atoms with Crippen molar-refractivity contribution in [3.05, 3.63) is 52.8 Å². The van der Waals surface area contributed by atoms with Gasteiger partial charge in [-0.15, -0.1) is 0 Å². The Morgan fingerprint density at radius 1 is 1.26 bits per heavy atom. The minimum absolute atomic E-state index is 0.0324. The molecule has 1 saturated carbocycles. The topological polar surface area (TPSA) is 125 Å². The summed E-state index contributed by atoms with van der Waals surface area (Å²) in [5, 5.41) is 8.89. The quantitative estimate of drug-likeness (QED) is 0.481. The Morgan fingerprint density at radius 2 is 2.00 bits per heavy atom. The van der Waals surface area contributed by atoms with Crippen LogP contribution in [0.25, 0.3) is 11.3 Å². The molecule has 9 nitrogen and oxygen atoms in total. The number of carbonyl (C=O) groups is 2. The summed E-state index contributed by atoms with van der Waals surface area (Å²) in [4.78, 5) is 26.3. The van der Waals surface area contributed by atoms with Gasteiger partial charge in [0.25, 0.3) is 11.8 Å². The second-order valence-corrected chi connectivity index (χ2v) is 10.4. The van der Waals surface area contributed by atoms with Crippen molar-refractivity contribution in [2.75, 3.05) is 18.8 Å². The first-order valence-corrected chi connectivity index (χ1v) is 12.5. The van der Waals surface area contributed by atoms with Crippen molar-refractivity contribution < 1.29 is 22.8 Å². The van der Waals surface area contributed by atoms with Gasteiger partial charge in [-0.1, -0.05) is 18.1 Å². The molecular formula is C27H28F3N7O2. The third-order valence-corrected chi connectivity index (χ3v) is 7.69. The van der Waals surface area contributed by atoms with E-state index in [2.05, 4.69) is 22.0 Å². The molecule has 2 aromatic heterocycles. The second kappa shape index (κ2) is 9.48. The Kier molecular flexibility index (Phi) is 6.40. The number of benzene rings is 1. The van der Waals surface area contributed by atoms with Gasteiger partial charge in [-0.2, -0.15) is 23.4 Å². The van der Waals surface area contributed by atoms with Gasteiger partial charge in [0.2, 0.25) is 0 Å².